The third kappa shape index (κ3) is 7.98. The van der Waals surface area contributed by atoms with Gasteiger partial charge >= 0.3 is 6.18 Å². The maximum absolute atomic E-state index is 13.3. The minimum atomic E-state index is -4.70. The standard InChI is InChI=1S/C29H29F4N7O/c1-28(2,35)12-11-23-25(34)36-16-24(40-23)18-5-3-17(4-6-18)14-37-26-22(13-19(15-38-26)29(31,32)33)27(41)39-21-9-7-20(30)8-10-21/h3-10,13,15-16H,11-12,14,35H2,1-2H3,(H2,34,36)(H,37,38)(H,39,41). The third-order valence-electron chi connectivity index (χ3n) is 6.15. The topological polar surface area (TPSA) is 132 Å². The molecule has 1 amide bonds. The fourth-order valence-corrected chi connectivity index (χ4v) is 3.84. The van der Waals surface area contributed by atoms with Crippen molar-refractivity contribution < 1.29 is 22.4 Å². The Balaban J connectivity index is 1.50. The molecule has 0 unspecified atom stereocenters. The van der Waals surface area contributed by atoms with E-state index in [1.807, 2.05) is 38.1 Å². The molecule has 0 fully saturated rings. The summed E-state index contributed by atoms with van der Waals surface area (Å²) in [6, 6.07) is 12.9. The van der Waals surface area contributed by atoms with Crippen molar-refractivity contribution in [1.29, 1.82) is 0 Å². The molecule has 6 N–H and O–H groups in total. The SMILES string of the molecule is CC(C)(N)CCc1nc(-c2ccc(CNc3ncc(C(F)(F)F)cc3C(=O)Nc3ccc(F)cc3)cc2)cnc1N. The zero-order valence-corrected chi connectivity index (χ0v) is 22.4. The van der Waals surface area contributed by atoms with Gasteiger partial charge in [0.05, 0.1) is 28.7 Å². The monoisotopic (exact) mass is 567 g/mol. The molecule has 2 heterocycles. The molecule has 4 aromatic rings. The summed E-state index contributed by atoms with van der Waals surface area (Å²) in [5, 5.41) is 5.41. The molecule has 2 aromatic heterocycles. The quantitative estimate of drug-likeness (QED) is 0.188. The molecule has 4 rings (SSSR count). The largest absolute Gasteiger partial charge is 0.417 e. The number of pyridine rings is 1. The zero-order chi connectivity index (χ0) is 29.8. The molecule has 0 aliphatic rings. The molecule has 0 radical (unpaired) electrons. The van der Waals surface area contributed by atoms with Crippen molar-refractivity contribution in [2.45, 2.75) is 44.9 Å². The second-order valence-corrected chi connectivity index (χ2v) is 10.2. The molecule has 0 spiro atoms. The Morgan fingerprint density at radius 3 is 2.29 bits per heavy atom. The van der Waals surface area contributed by atoms with Crippen LogP contribution in [0.25, 0.3) is 11.3 Å². The number of carbonyl (C=O) groups is 1. The van der Waals surface area contributed by atoms with Crippen molar-refractivity contribution >= 4 is 23.2 Å². The van der Waals surface area contributed by atoms with Gasteiger partial charge in [0.1, 0.15) is 17.5 Å². The van der Waals surface area contributed by atoms with Crippen molar-refractivity contribution in [3.63, 3.8) is 0 Å². The van der Waals surface area contributed by atoms with E-state index in [4.69, 9.17) is 11.5 Å². The first kappa shape index (κ1) is 29.4. The first-order valence-electron chi connectivity index (χ1n) is 12.7. The van der Waals surface area contributed by atoms with Crippen molar-refractivity contribution in [3.8, 4) is 11.3 Å². The predicted octanol–water partition coefficient (Wildman–Crippen LogP) is 5.81. The van der Waals surface area contributed by atoms with Crippen LogP contribution >= 0.6 is 0 Å². The van der Waals surface area contributed by atoms with Gasteiger partial charge in [0.25, 0.3) is 5.91 Å². The first-order chi connectivity index (χ1) is 19.3. The highest BCUT2D eigenvalue weighted by atomic mass is 19.4. The lowest BCUT2D eigenvalue weighted by molar-refractivity contribution is -0.137. The van der Waals surface area contributed by atoms with Crippen molar-refractivity contribution in [2.75, 3.05) is 16.4 Å². The number of anilines is 3. The molecule has 214 valence electrons. The van der Waals surface area contributed by atoms with Crippen LogP contribution in [0.4, 0.5) is 34.9 Å². The molecule has 0 aliphatic carbocycles. The Labute approximate surface area is 234 Å². The normalized spacial score (nSPS) is 11.8. The predicted molar refractivity (Wildman–Crippen MR) is 149 cm³/mol. The lowest BCUT2D eigenvalue weighted by Gasteiger charge is -2.18. The van der Waals surface area contributed by atoms with E-state index in [0.29, 0.717) is 36.2 Å². The van der Waals surface area contributed by atoms with E-state index in [1.54, 1.807) is 6.20 Å². The summed E-state index contributed by atoms with van der Waals surface area (Å²) >= 11 is 0. The number of nitrogens with one attached hydrogen (secondary N) is 2. The van der Waals surface area contributed by atoms with E-state index >= 15 is 0 Å². The van der Waals surface area contributed by atoms with Crippen LogP contribution in [0.15, 0.2) is 67.0 Å². The van der Waals surface area contributed by atoms with Gasteiger partial charge in [-0.2, -0.15) is 13.2 Å². The number of alkyl halides is 3. The van der Waals surface area contributed by atoms with Gasteiger partial charge in [0.2, 0.25) is 0 Å². The first-order valence-corrected chi connectivity index (χ1v) is 12.7. The molecular formula is C29H29F4N7O. The van der Waals surface area contributed by atoms with E-state index in [-0.39, 0.29) is 29.2 Å². The highest BCUT2D eigenvalue weighted by Gasteiger charge is 2.32. The van der Waals surface area contributed by atoms with Crippen LogP contribution in [0.1, 0.15) is 47.4 Å². The van der Waals surface area contributed by atoms with Gasteiger partial charge in [-0.25, -0.2) is 19.3 Å². The second kappa shape index (κ2) is 11.9. The van der Waals surface area contributed by atoms with Crippen molar-refractivity contribution in [1.82, 2.24) is 15.0 Å². The minimum Gasteiger partial charge on any atom is -0.382 e. The van der Waals surface area contributed by atoms with Crippen LogP contribution in [-0.2, 0) is 19.1 Å². The van der Waals surface area contributed by atoms with Gasteiger partial charge in [-0.15, -0.1) is 0 Å². The zero-order valence-electron chi connectivity index (χ0n) is 22.4. The van der Waals surface area contributed by atoms with Gasteiger partial charge in [-0.3, -0.25) is 4.79 Å². The van der Waals surface area contributed by atoms with Crippen LogP contribution < -0.4 is 22.1 Å². The van der Waals surface area contributed by atoms with E-state index in [9.17, 15) is 22.4 Å². The maximum Gasteiger partial charge on any atom is 0.417 e. The molecule has 0 aliphatic heterocycles. The number of nitrogens with two attached hydrogens (primary N) is 2. The number of nitrogen functional groups attached to an aromatic ring is 1. The molecular weight excluding hydrogens is 538 g/mol. The minimum absolute atomic E-state index is 0.0430. The molecule has 8 nitrogen and oxygen atoms in total. The summed E-state index contributed by atoms with van der Waals surface area (Å²) in [4.78, 5) is 25.6. The average Bonchev–Trinajstić information content (AvgIpc) is 2.92. The highest BCUT2D eigenvalue weighted by Crippen LogP contribution is 2.31. The number of hydrogen-bond acceptors (Lipinski definition) is 7. The molecule has 12 heteroatoms. The number of amides is 1. The van der Waals surface area contributed by atoms with E-state index in [0.717, 1.165) is 29.3 Å². The van der Waals surface area contributed by atoms with Gasteiger partial charge in [0.15, 0.2) is 0 Å². The maximum atomic E-state index is 13.3. The van der Waals surface area contributed by atoms with E-state index in [1.165, 1.54) is 12.1 Å². The van der Waals surface area contributed by atoms with Gasteiger partial charge < -0.3 is 22.1 Å². The number of halogens is 4. The second-order valence-electron chi connectivity index (χ2n) is 10.2. The summed E-state index contributed by atoms with van der Waals surface area (Å²) in [6.07, 6.45) is -1.20. The van der Waals surface area contributed by atoms with Crippen LogP contribution in [0.5, 0.6) is 0 Å². The van der Waals surface area contributed by atoms with E-state index < -0.39 is 23.5 Å². The van der Waals surface area contributed by atoms with Gasteiger partial charge in [-0.1, -0.05) is 24.3 Å². The van der Waals surface area contributed by atoms with Crippen LogP contribution in [0.3, 0.4) is 0 Å². The molecule has 0 saturated heterocycles. The van der Waals surface area contributed by atoms with Gasteiger partial charge in [0, 0.05) is 29.5 Å². The molecule has 0 saturated carbocycles. The van der Waals surface area contributed by atoms with E-state index in [2.05, 4.69) is 25.6 Å². The lowest BCUT2D eigenvalue weighted by Crippen LogP contribution is -2.32. The summed E-state index contributed by atoms with van der Waals surface area (Å²) in [7, 11) is 0. The third-order valence-corrected chi connectivity index (χ3v) is 6.15. The lowest BCUT2D eigenvalue weighted by atomic mass is 9.98. The summed E-state index contributed by atoms with van der Waals surface area (Å²) in [5.41, 5.74) is 13.4. The summed E-state index contributed by atoms with van der Waals surface area (Å²) in [6.45, 7) is 4.02. The molecule has 0 atom stereocenters. The fraction of sp³-hybridized carbons (Fsp3) is 0.241. The fourth-order valence-electron chi connectivity index (χ4n) is 3.84. The Morgan fingerprint density at radius 2 is 1.66 bits per heavy atom. The number of benzene rings is 2. The Morgan fingerprint density at radius 1 is 0.976 bits per heavy atom. The van der Waals surface area contributed by atoms with Crippen LogP contribution in [0, 0.1) is 5.82 Å². The smallest absolute Gasteiger partial charge is 0.382 e. The number of hydrogen-bond donors (Lipinski definition) is 4. The Kier molecular flexibility index (Phi) is 8.52. The summed E-state index contributed by atoms with van der Waals surface area (Å²) in [5.74, 6) is -1.04. The number of aryl methyl sites for hydroxylation is 1. The van der Waals surface area contributed by atoms with Crippen LogP contribution in [-0.4, -0.2) is 26.4 Å². The van der Waals surface area contributed by atoms with Crippen LogP contribution in [0.2, 0.25) is 0 Å². The Bertz CT molecular complexity index is 1520. The molecule has 2 aromatic carbocycles. The molecule has 0 bridgehead atoms. The molecule has 41 heavy (non-hydrogen) atoms. The summed E-state index contributed by atoms with van der Waals surface area (Å²) < 4.78 is 53.3. The highest BCUT2D eigenvalue weighted by molar-refractivity contribution is 6.07. The van der Waals surface area contributed by atoms with Crippen molar-refractivity contribution in [3.05, 3.63) is 95.2 Å². The average molecular weight is 568 g/mol. The number of aromatic nitrogens is 3. The number of rotatable bonds is 9. The Hall–Kier alpha value is -4.58. The van der Waals surface area contributed by atoms with Crippen molar-refractivity contribution in [2.24, 2.45) is 5.73 Å². The van der Waals surface area contributed by atoms with Gasteiger partial charge in [-0.05, 0) is 62.6 Å². The number of nitrogens with zero attached hydrogens (tertiary/aromatic N) is 3. The number of carbonyl (C=O) groups excluding carboxylic acids is 1.